The molecular formula is C16H17NO3. The van der Waals surface area contributed by atoms with Crippen LogP contribution in [-0.2, 0) is 6.42 Å². The number of carboxylic acids is 1. The highest BCUT2D eigenvalue weighted by Crippen LogP contribution is 2.31. The molecule has 20 heavy (non-hydrogen) atoms. The van der Waals surface area contributed by atoms with E-state index >= 15 is 0 Å². The van der Waals surface area contributed by atoms with Crippen molar-refractivity contribution in [3.8, 4) is 11.5 Å². The Bertz CT molecular complexity index is 650. The minimum atomic E-state index is -0.998. The molecule has 0 aliphatic rings. The molecule has 0 radical (unpaired) electrons. The van der Waals surface area contributed by atoms with E-state index in [2.05, 4.69) is 4.98 Å². The van der Waals surface area contributed by atoms with Gasteiger partial charge in [0.2, 0.25) is 0 Å². The van der Waals surface area contributed by atoms with Gasteiger partial charge in [-0.3, -0.25) is 4.98 Å². The summed E-state index contributed by atoms with van der Waals surface area (Å²) in [4.78, 5) is 15.7. The number of aromatic carboxylic acids is 1. The van der Waals surface area contributed by atoms with Crippen LogP contribution in [-0.4, -0.2) is 16.1 Å². The fourth-order valence-electron chi connectivity index (χ4n) is 2.01. The Kier molecular flexibility index (Phi) is 4.03. The number of carboxylic acid groups (broad SMARTS) is 1. The fourth-order valence-corrected chi connectivity index (χ4v) is 2.01. The summed E-state index contributed by atoms with van der Waals surface area (Å²) in [5.74, 6) is -0.0166. The van der Waals surface area contributed by atoms with Crippen LogP contribution < -0.4 is 4.74 Å². The van der Waals surface area contributed by atoms with Crippen molar-refractivity contribution in [2.45, 2.75) is 27.2 Å². The van der Waals surface area contributed by atoms with E-state index in [9.17, 15) is 9.90 Å². The Morgan fingerprint density at radius 2 is 2.00 bits per heavy atom. The van der Waals surface area contributed by atoms with Crippen molar-refractivity contribution in [3.63, 3.8) is 0 Å². The number of hydrogen-bond donors (Lipinski definition) is 1. The van der Waals surface area contributed by atoms with Crippen LogP contribution in [0.2, 0.25) is 0 Å². The minimum absolute atomic E-state index is 0.160. The normalized spacial score (nSPS) is 10.3. The molecule has 2 rings (SSSR count). The number of hydrogen-bond acceptors (Lipinski definition) is 3. The Morgan fingerprint density at radius 3 is 2.65 bits per heavy atom. The van der Waals surface area contributed by atoms with Gasteiger partial charge in [0, 0.05) is 5.69 Å². The third-order valence-corrected chi connectivity index (χ3v) is 3.06. The van der Waals surface area contributed by atoms with Crippen LogP contribution in [0.5, 0.6) is 11.5 Å². The van der Waals surface area contributed by atoms with E-state index in [1.165, 1.54) is 6.07 Å². The monoisotopic (exact) mass is 271 g/mol. The standard InChI is InChI=1S/C16H17NO3/c1-4-13-14(9-8-11(3)17-13)20-15-10(2)6-5-7-12(15)16(18)19/h5-9H,4H2,1-3H3,(H,18,19). The summed E-state index contributed by atoms with van der Waals surface area (Å²) in [6.07, 6.45) is 0.727. The lowest BCUT2D eigenvalue weighted by molar-refractivity contribution is 0.0694. The molecule has 0 bridgehead atoms. The third-order valence-electron chi connectivity index (χ3n) is 3.06. The van der Waals surface area contributed by atoms with Gasteiger partial charge in [0.1, 0.15) is 17.1 Å². The van der Waals surface area contributed by atoms with Crippen molar-refractivity contribution in [1.29, 1.82) is 0 Å². The van der Waals surface area contributed by atoms with Crippen molar-refractivity contribution >= 4 is 5.97 Å². The van der Waals surface area contributed by atoms with Crippen LogP contribution in [0.4, 0.5) is 0 Å². The molecule has 0 atom stereocenters. The first-order valence-electron chi connectivity index (χ1n) is 6.50. The number of carbonyl (C=O) groups is 1. The maximum absolute atomic E-state index is 11.3. The number of para-hydroxylation sites is 1. The fraction of sp³-hybridized carbons (Fsp3) is 0.250. The van der Waals surface area contributed by atoms with E-state index < -0.39 is 5.97 Å². The van der Waals surface area contributed by atoms with E-state index in [1.807, 2.05) is 39.0 Å². The molecule has 0 saturated heterocycles. The molecule has 4 heteroatoms. The number of pyridine rings is 1. The maximum atomic E-state index is 11.3. The highest BCUT2D eigenvalue weighted by Gasteiger charge is 2.15. The zero-order valence-corrected chi connectivity index (χ0v) is 11.8. The Balaban J connectivity index is 2.47. The van der Waals surface area contributed by atoms with Gasteiger partial charge in [-0.1, -0.05) is 19.1 Å². The Morgan fingerprint density at radius 1 is 1.25 bits per heavy atom. The van der Waals surface area contributed by atoms with Gasteiger partial charge in [-0.25, -0.2) is 4.79 Å². The van der Waals surface area contributed by atoms with Gasteiger partial charge in [0.25, 0.3) is 0 Å². The summed E-state index contributed by atoms with van der Waals surface area (Å²) in [5, 5.41) is 9.24. The molecule has 104 valence electrons. The molecule has 0 amide bonds. The van der Waals surface area contributed by atoms with Gasteiger partial charge < -0.3 is 9.84 Å². The van der Waals surface area contributed by atoms with E-state index in [4.69, 9.17) is 4.74 Å². The smallest absolute Gasteiger partial charge is 0.339 e. The van der Waals surface area contributed by atoms with Gasteiger partial charge in [-0.2, -0.15) is 0 Å². The summed E-state index contributed by atoms with van der Waals surface area (Å²) in [7, 11) is 0. The predicted molar refractivity (Wildman–Crippen MR) is 76.6 cm³/mol. The molecule has 1 aromatic heterocycles. The maximum Gasteiger partial charge on any atom is 0.339 e. The molecule has 0 saturated carbocycles. The first-order valence-corrected chi connectivity index (χ1v) is 6.50. The van der Waals surface area contributed by atoms with Gasteiger partial charge in [-0.15, -0.1) is 0 Å². The largest absolute Gasteiger partial charge is 0.478 e. The van der Waals surface area contributed by atoms with E-state index in [0.29, 0.717) is 11.5 Å². The molecule has 4 nitrogen and oxygen atoms in total. The van der Waals surface area contributed by atoms with Crippen LogP contribution in [0.1, 0.15) is 34.2 Å². The van der Waals surface area contributed by atoms with Crippen LogP contribution >= 0.6 is 0 Å². The topological polar surface area (TPSA) is 59.4 Å². The van der Waals surface area contributed by atoms with E-state index in [1.54, 1.807) is 6.07 Å². The van der Waals surface area contributed by atoms with Crippen molar-refractivity contribution in [2.75, 3.05) is 0 Å². The molecule has 0 spiro atoms. The zero-order chi connectivity index (χ0) is 14.7. The van der Waals surface area contributed by atoms with Crippen LogP contribution in [0.25, 0.3) is 0 Å². The van der Waals surface area contributed by atoms with Crippen molar-refractivity contribution in [2.24, 2.45) is 0 Å². The number of aryl methyl sites for hydroxylation is 3. The number of benzene rings is 1. The first kappa shape index (κ1) is 14.1. The lowest BCUT2D eigenvalue weighted by atomic mass is 10.1. The van der Waals surface area contributed by atoms with Crippen molar-refractivity contribution in [3.05, 3.63) is 52.8 Å². The van der Waals surface area contributed by atoms with E-state index in [0.717, 1.165) is 23.4 Å². The highest BCUT2D eigenvalue weighted by molar-refractivity contribution is 5.91. The molecule has 1 heterocycles. The average Bonchev–Trinajstić information content (AvgIpc) is 2.42. The number of rotatable bonds is 4. The number of nitrogens with zero attached hydrogens (tertiary/aromatic N) is 1. The number of aromatic nitrogens is 1. The molecule has 2 aromatic rings. The molecule has 0 aliphatic heterocycles. The summed E-state index contributed by atoms with van der Waals surface area (Å²) in [5.41, 5.74) is 2.68. The number of ether oxygens (including phenoxy) is 1. The molecule has 0 aliphatic carbocycles. The van der Waals surface area contributed by atoms with Crippen molar-refractivity contribution in [1.82, 2.24) is 4.98 Å². The summed E-state index contributed by atoms with van der Waals surface area (Å²) < 4.78 is 5.84. The SMILES string of the molecule is CCc1nc(C)ccc1Oc1c(C)cccc1C(=O)O. The van der Waals surface area contributed by atoms with Gasteiger partial charge in [-0.05, 0) is 44.0 Å². The van der Waals surface area contributed by atoms with Gasteiger partial charge in [0.15, 0.2) is 0 Å². The zero-order valence-electron chi connectivity index (χ0n) is 11.8. The second kappa shape index (κ2) is 5.74. The summed E-state index contributed by atoms with van der Waals surface area (Å²) in [6, 6.07) is 8.76. The van der Waals surface area contributed by atoms with Crippen LogP contribution in [0.3, 0.4) is 0 Å². The second-order valence-electron chi connectivity index (χ2n) is 4.61. The van der Waals surface area contributed by atoms with Crippen molar-refractivity contribution < 1.29 is 14.6 Å². The lowest BCUT2D eigenvalue weighted by Gasteiger charge is -2.14. The Labute approximate surface area is 118 Å². The second-order valence-corrected chi connectivity index (χ2v) is 4.61. The average molecular weight is 271 g/mol. The molecule has 1 N–H and O–H groups in total. The quantitative estimate of drug-likeness (QED) is 0.920. The van der Waals surface area contributed by atoms with Crippen LogP contribution in [0, 0.1) is 13.8 Å². The van der Waals surface area contributed by atoms with Gasteiger partial charge >= 0.3 is 5.97 Å². The summed E-state index contributed by atoms with van der Waals surface area (Å²) in [6.45, 7) is 5.74. The molecule has 0 fully saturated rings. The molecule has 0 unspecified atom stereocenters. The van der Waals surface area contributed by atoms with Crippen LogP contribution in [0.15, 0.2) is 30.3 Å². The van der Waals surface area contributed by atoms with Gasteiger partial charge in [0.05, 0.1) is 5.69 Å². The molecular weight excluding hydrogens is 254 g/mol. The minimum Gasteiger partial charge on any atom is -0.478 e. The molecule has 1 aromatic carbocycles. The Hall–Kier alpha value is -2.36. The lowest BCUT2D eigenvalue weighted by Crippen LogP contribution is -2.03. The van der Waals surface area contributed by atoms with E-state index in [-0.39, 0.29) is 5.56 Å². The first-order chi connectivity index (χ1) is 9.52. The summed E-state index contributed by atoms with van der Waals surface area (Å²) >= 11 is 0. The highest BCUT2D eigenvalue weighted by atomic mass is 16.5. The third kappa shape index (κ3) is 2.79. The predicted octanol–water partition coefficient (Wildman–Crippen LogP) is 3.75.